The van der Waals surface area contributed by atoms with Crippen LogP contribution in [0.2, 0.25) is 0 Å². The summed E-state index contributed by atoms with van der Waals surface area (Å²) in [6.07, 6.45) is 0.986. The van der Waals surface area contributed by atoms with Gasteiger partial charge >= 0.3 is 6.03 Å². The lowest BCUT2D eigenvalue weighted by atomic mass is 10.0. The van der Waals surface area contributed by atoms with E-state index in [0.717, 1.165) is 18.6 Å². The Morgan fingerprint density at radius 3 is 2.77 bits per heavy atom. The number of benzene rings is 1. The number of amides is 2. The summed E-state index contributed by atoms with van der Waals surface area (Å²) in [6, 6.07) is 8.04. The van der Waals surface area contributed by atoms with Crippen molar-refractivity contribution in [1.29, 1.82) is 0 Å². The first-order valence-electron chi connectivity index (χ1n) is 7.89. The number of aliphatic hydroxyl groups is 1. The molecule has 22 heavy (non-hydrogen) atoms. The Labute approximate surface area is 132 Å². The van der Waals surface area contributed by atoms with Gasteiger partial charge in [0, 0.05) is 31.7 Å². The number of hydrogen-bond donors (Lipinski definition) is 2. The van der Waals surface area contributed by atoms with Gasteiger partial charge in [0.1, 0.15) is 0 Å². The van der Waals surface area contributed by atoms with Gasteiger partial charge in [-0.25, -0.2) is 4.79 Å². The molecular formula is C17H26N2O3. The molecular weight excluding hydrogens is 280 g/mol. The number of ether oxygens (including phenoxy) is 1. The molecule has 1 aromatic rings. The summed E-state index contributed by atoms with van der Waals surface area (Å²) in [7, 11) is 0. The Kier molecular flexibility index (Phi) is 6.21. The predicted octanol–water partition coefficient (Wildman–Crippen LogP) is 1.92. The zero-order chi connectivity index (χ0) is 15.9. The third-order valence-corrected chi connectivity index (χ3v) is 4.17. The van der Waals surface area contributed by atoms with Crippen molar-refractivity contribution in [1.82, 2.24) is 10.2 Å². The van der Waals surface area contributed by atoms with Gasteiger partial charge in [0.25, 0.3) is 0 Å². The Morgan fingerprint density at radius 1 is 1.45 bits per heavy atom. The van der Waals surface area contributed by atoms with Gasteiger partial charge in [-0.05, 0) is 25.8 Å². The molecule has 0 saturated carbocycles. The monoisotopic (exact) mass is 306 g/mol. The molecule has 2 amide bonds. The topological polar surface area (TPSA) is 61.8 Å². The fourth-order valence-corrected chi connectivity index (χ4v) is 2.64. The number of carbonyl (C=O) groups is 1. The molecule has 0 aliphatic carbocycles. The molecule has 0 bridgehead atoms. The van der Waals surface area contributed by atoms with Gasteiger partial charge in [-0.1, -0.05) is 29.8 Å². The first-order chi connectivity index (χ1) is 10.6. The van der Waals surface area contributed by atoms with E-state index in [0.29, 0.717) is 25.6 Å². The van der Waals surface area contributed by atoms with Crippen molar-refractivity contribution in [2.45, 2.75) is 32.9 Å². The van der Waals surface area contributed by atoms with Gasteiger partial charge in [-0.2, -0.15) is 0 Å². The summed E-state index contributed by atoms with van der Waals surface area (Å²) >= 11 is 0. The maximum atomic E-state index is 12.4. The highest BCUT2D eigenvalue weighted by Gasteiger charge is 2.25. The Balaban J connectivity index is 1.93. The number of nitrogens with zero attached hydrogens (tertiary/aromatic N) is 1. The van der Waals surface area contributed by atoms with E-state index in [9.17, 15) is 9.90 Å². The smallest absolute Gasteiger partial charge is 0.317 e. The van der Waals surface area contributed by atoms with E-state index in [4.69, 9.17) is 4.74 Å². The van der Waals surface area contributed by atoms with Crippen LogP contribution in [0.15, 0.2) is 24.3 Å². The zero-order valence-corrected chi connectivity index (χ0v) is 13.4. The summed E-state index contributed by atoms with van der Waals surface area (Å²) in [5, 5.41) is 12.2. The molecule has 1 saturated heterocycles. The lowest BCUT2D eigenvalue weighted by molar-refractivity contribution is 0.160. The normalized spacial score (nSPS) is 19.0. The molecule has 0 spiro atoms. The van der Waals surface area contributed by atoms with Crippen molar-refractivity contribution >= 4 is 6.03 Å². The fraction of sp³-hybridized carbons (Fsp3) is 0.588. The Bertz CT molecular complexity index is 469. The zero-order valence-electron chi connectivity index (χ0n) is 13.4. The van der Waals surface area contributed by atoms with Gasteiger partial charge in [0.15, 0.2) is 0 Å². The summed E-state index contributed by atoms with van der Waals surface area (Å²) in [5.41, 5.74) is 2.25. The van der Waals surface area contributed by atoms with Crippen LogP contribution in [0.1, 0.15) is 24.5 Å². The van der Waals surface area contributed by atoms with Crippen LogP contribution in [0.5, 0.6) is 0 Å². The first-order valence-corrected chi connectivity index (χ1v) is 7.89. The molecule has 5 nitrogen and oxygen atoms in total. The van der Waals surface area contributed by atoms with E-state index >= 15 is 0 Å². The predicted molar refractivity (Wildman–Crippen MR) is 85.6 cm³/mol. The van der Waals surface area contributed by atoms with E-state index in [1.165, 1.54) is 5.56 Å². The number of aliphatic hydroxyl groups excluding tert-OH is 1. The average Bonchev–Trinajstić information content (AvgIpc) is 3.03. The van der Waals surface area contributed by atoms with Crippen molar-refractivity contribution in [3.05, 3.63) is 35.4 Å². The molecule has 1 aromatic carbocycles. The second-order valence-electron chi connectivity index (χ2n) is 5.99. The Hall–Kier alpha value is -1.59. The van der Waals surface area contributed by atoms with Crippen LogP contribution in [0.3, 0.4) is 0 Å². The van der Waals surface area contributed by atoms with Crippen LogP contribution in [-0.4, -0.2) is 48.4 Å². The van der Waals surface area contributed by atoms with E-state index in [1.54, 1.807) is 4.90 Å². The van der Waals surface area contributed by atoms with Crippen LogP contribution in [-0.2, 0) is 11.3 Å². The van der Waals surface area contributed by atoms with Gasteiger partial charge in [-0.3, -0.25) is 0 Å². The number of carbonyl (C=O) groups excluding carboxylic acids is 1. The summed E-state index contributed by atoms with van der Waals surface area (Å²) in [6.45, 7) is 6.32. The molecule has 2 N–H and O–H groups in total. The summed E-state index contributed by atoms with van der Waals surface area (Å²) < 4.78 is 5.37. The molecule has 1 aliphatic rings. The molecule has 0 radical (unpaired) electrons. The fourth-order valence-electron chi connectivity index (χ4n) is 2.64. The minimum Gasteiger partial charge on any atom is -0.395 e. The molecule has 1 aliphatic heterocycles. The number of aryl methyl sites for hydroxylation is 1. The van der Waals surface area contributed by atoms with E-state index in [-0.39, 0.29) is 18.7 Å². The van der Waals surface area contributed by atoms with Crippen molar-refractivity contribution in [3.63, 3.8) is 0 Å². The highest BCUT2D eigenvalue weighted by Crippen LogP contribution is 2.17. The van der Waals surface area contributed by atoms with Crippen LogP contribution in [0.25, 0.3) is 0 Å². The quantitative estimate of drug-likeness (QED) is 0.844. The van der Waals surface area contributed by atoms with E-state index in [2.05, 4.69) is 5.32 Å². The van der Waals surface area contributed by atoms with Crippen LogP contribution >= 0.6 is 0 Å². The first kappa shape index (κ1) is 16.8. The molecule has 5 heteroatoms. The van der Waals surface area contributed by atoms with Crippen molar-refractivity contribution in [3.8, 4) is 0 Å². The minimum atomic E-state index is -0.131. The standard InChI is InChI=1S/C17H26N2O3/c1-13-3-5-15(6-4-13)11-19(8-9-20)17(21)18-14(2)16-7-10-22-12-16/h3-6,14,16,20H,7-12H2,1-2H3,(H,18,21)/t14-,16+/m0/s1. The molecule has 1 heterocycles. The highest BCUT2D eigenvalue weighted by atomic mass is 16.5. The van der Waals surface area contributed by atoms with Crippen LogP contribution < -0.4 is 5.32 Å². The third-order valence-electron chi connectivity index (χ3n) is 4.17. The van der Waals surface area contributed by atoms with Gasteiger partial charge in [-0.15, -0.1) is 0 Å². The largest absolute Gasteiger partial charge is 0.395 e. The summed E-state index contributed by atoms with van der Waals surface area (Å²) in [4.78, 5) is 14.1. The van der Waals surface area contributed by atoms with Gasteiger partial charge < -0.3 is 20.1 Å². The van der Waals surface area contributed by atoms with Crippen molar-refractivity contribution < 1.29 is 14.6 Å². The van der Waals surface area contributed by atoms with E-state index < -0.39 is 0 Å². The van der Waals surface area contributed by atoms with Gasteiger partial charge in [0.05, 0.1) is 13.2 Å². The number of urea groups is 1. The van der Waals surface area contributed by atoms with Crippen LogP contribution in [0.4, 0.5) is 4.79 Å². The number of hydrogen-bond acceptors (Lipinski definition) is 3. The second kappa shape index (κ2) is 8.15. The van der Waals surface area contributed by atoms with E-state index in [1.807, 2.05) is 38.1 Å². The lowest BCUT2D eigenvalue weighted by Crippen LogP contribution is -2.47. The molecule has 0 aromatic heterocycles. The molecule has 122 valence electrons. The third kappa shape index (κ3) is 4.71. The second-order valence-corrected chi connectivity index (χ2v) is 5.99. The summed E-state index contributed by atoms with van der Waals surface area (Å²) in [5.74, 6) is 0.374. The molecule has 0 unspecified atom stereocenters. The number of nitrogens with one attached hydrogen (secondary N) is 1. The van der Waals surface area contributed by atoms with Crippen molar-refractivity contribution in [2.75, 3.05) is 26.4 Å². The maximum absolute atomic E-state index is 12.4. The molecule has 2 atom stereocenters. The van der Waals surface area contributed by atoms with Crippen molar-refractivity contribution in [2.24, 2.45) is 5.92 Å². The molecule has 1 fully saturated rings. The highest BCUT2D eigenvalue weighted by molar-refractivity contribution is 5.74. The Morgan fingerprint density at radius 2 is 2.18 bits per heavy atom. The lowest BCUT2D eigenvalue weighted by Gasteiger charge is -2.26. The maximum Gasteiger partial charge on any atom is 0.317 e. The average molecular weight is 306 g/mol. The molecule has 2 rings (SSSR count). The SMILES string of the molecule is Cc1ccc(CN(CCO)C(=O)N[C@@H](C)[C@@H]2CCOC2)cc1. The number of rotatable bonds is 6. The minimum absolute atomic E-state index is 0.0415. The van der Waals surface area contributed by atoms with Gasteiger partial charge in [0.2, 0.25) is 0 Å². The van der Waals surface area contributed by atoms with Crippen LogP contribution in [0, 0.1) is 12.8 Å².